The lowest BCUT2D eigenvalue weighted by Crippen LogP contribution is -2.29. The molecule has 4 rings (SSSR count). The average Bonchev–Trinajstić information content (AvgIpc) is 3.14. The Morgan fingerprint density at radius 1 is 1.00 bits per heavy atom. The Bertz CT molecular complexity index is 1030. The molecule has 2 heterocycles. The summed E-state index contributed by atoms with van der Waals surface area (Å²) in [4.78, 5) is 16.5. The van der Waals surface area contributed by atoms with Gasteiger partial charge in [-0.2, -0.15) is 4.98 Å². The van der Waals surface area contributed by atoms with Gasteiger partial charge >= 0.3 is 0 Å². The summed E-state index contributed by atoms with van der Waals surface area (Å²) in [5.74, 6) is -0.198. The minimum atomic E-state index is -3.89. The molecule has 0 saturated heterocycles. The number of hydrogen-bond donors (Lipinski definition) is 0. The van der Waals surface area contributed by atoms with Crippen molar-refractivity contribution in [2.24, 2.45) is 0 Å². The van der Waals surface area contributed by atoms with E-state index in [0.717, 1.165) is 9.87 Å². The highest BCUT2D eigenvalue weighted by Crippen LogP contribution is 2.31. The van der Waals surface area contributed by atoms with Crippen LogP contribution in [0.3, 0.4) is 0 Å². The monoisotopic (exact) mass is 341 g/mol. The molecule has 0 bridgehead atoms. The molecule has 2 aromatic carbocycles. The summed E-state index contributed by atoms with van der Waals surface area (Å²) in [6.07, 6.45) is 0. The lowest BCUT2D eigenvalue weighted by atomic mass is 10.2. The summed E-state index contributed by atoms with van der Waals surface area (Å²) < 4.78 is 30.8. The molecule has 7 nitrogen and oxygen atoms in total. The summed E-state index contributed by atoms with van der Waals surface area (Å²) in [5, 5.41) is 3.83. The zero-order valence-corrected chi connectivity index (χ0v) is 13.1. The first kappa shape index (κ1) is 14.6. The van der Waals surface area contributed by atoms with Gasteiger partial charge in [-0.3, -0.25) is 4.79 Å². The zero-order chi connectivity index (χ0) is 16.7. The van der Waals surface area contributed by atoms with Crippen molar-refractivity contribution in [1.29, 1.82) is 0 Å². The van der Waals surface area contributed by atoms with Gasteiger partial charge in [-0.15, -0.1) is 0 Å². The van der Waals surface area contributed by atoms with E-state index in [1.165, 1.54) is 12.1 Å². The fourth-order valence-electron chi connectivity index (χ4n) is 2.53. The SMILES string of the molecule is O=C1c2ccccc2S(=O)(=O)N1Cc1nc(-c2ccccc2)no1. The standard InChI is InChI=1S/C16H11N3O4S/c20-16-12-8-4-5-9-13(12)24(21,22)19(16)10-14-17-15(18-23-14)11-6-2-1-3-7-11/h1-9H,10H2. The van der Waals surface area contributed by atoms with Gasteiger partial charge < -0.3 is 4.52 Å². The van der Waals surface area contributed by atoms with E-state index in [0.29, 0.717) is 5.82 Å². The van der Waals surface area contributed by atoms with Gasteiger partial charge in [0.15, 0.2) is 0 Å². The fourth-order valence-corrected chi connectivity index (χ4v) is 4.05. The molecule has 0 spiro atoms. The van der Waals surface area contributed by atoms with Crippen molar-refractivity contribution in [3.8, 4) is 11.4 Å². The molecule has 0 atom stereocenters. The van der Waals surface area contributed by atoms with Crippen LogP contribution >= 0.6 is 0 Å². The Morgan fingerprint density at radius 3 is 2.46 bits per heavy atom. The smallest absolute Gasteiger partial charge is 0.269 e. The third kappa shape index (κ3) is 2.19. The second-order valence-electron chi connectivity index (χ2n) is 5.19. The van der Waals surface area contributed by atoms with Crippen LogP contribution in [0.1, 0.15) is 16.2 Å². The van der Waals surface area contributed by atoms with E-state index in [2.05, 4.69) is 10.1 Å². The highest BCUT2D eigenvalue weighted by molar-refractivity contribution is 7.90. The van der Waals surface area contributed by atoms with Crippen molar-refractivity contribution in [2.45, 2.75) is 11.4 Å². The molecular formula is C16H11N3O4S. The zero-order valence-electron chi connectivity index (χ0n) is 12.3. The van der Waals surface area contributed by atoms with E-state index in [-0.39, 0.29) is 22.9 Å². The first-order valence-corrected chi connectivity index (χ1v) is 8.55. The van der Waals surface area contributed by atoms with Crippen molar-refractivity contribution < 1.29 is 17.7 Å². The minimum Gasteiger partial charge on any atom is -0.337 e. The number of sulfonamides is 1. The number of benzene rings is 2. The molecule has 8 heteroatoms. The second kappa shape index (κ2) is 5.27. The number of hydrogen-bond acceptors (Lipinski definition) is 6. The highest BCUT2D eigenvalue weighted by Gasteiger charge is 2.41. The summed E-state index contributed by atoms with van der Waals surface area (Å²) in [6.45, 7) is -0.296. The molecule has 3 aromatic rings. The lowest BCUT2D eigenvalue weighted by molar-refractivity contribution is 0.0855. The van der Waals surface area contributed by atoms with E-state index in [1.807, 2.05) is 30.3 Å². The van der Waals surface area contributed by atoms with Gasteiger partial charge in [0.2, 0.25) is 11.7 Å². The summed E-state index contributed by atoms with van der Waals surface area (Å²) >= 11 is 0. The number of carbonyl (C=O) groups is 1. The molecule has 1 aliphatic rings. The predicted molar refractivity (Wildman–Crippen MR) is 83.2 cm³/mol. The van der Waals surface area contributed by atoms with Gasteiger partial charge in [0.1, 0.15) is 11.4 Å². The number of fused-ring (bicyclic) bond motifs is 1. The summed E-state index contributed by atoms with van der Waals surface area (Å²) in [6, 6.07) is 15.2. The van der Waals surface area contributed by atoms with Gasteiger partial charge in [-0.25, -0.2) is 12.7 Å². The van der Waals surface area contributed by atoms with Crippen LogP contribution in [-0.4, -0.2) is 28.8 Å². The normalized spacial score (nSPS) is 15.5. The first-order chi connectivity index (χ1) is 11.6. The van der Waals surface area contributed by atoms with Gasteiger partial charge in [-0.1, -0.05) is 47.6 Å². The summed E-state index contributed by atoms with van der Waals surface area (Å²) in [5.41, 5.74) is 0.895. The van der Waals surface area contributed by atoms with E-state index in [9.17, 15) is 13.2 Å². The molecule has 1 aliphatic heterocycles. The van der Waals surface area contributed by atoms with Crippen LogP contribution in [0, 0.1) is 0 Å². The maximum absolute atomic E-state index is 12.5. The van der Waals surface area contributed by atoms with Crippen LogP contribution in [0.25, 0.3) is 11.4 Å². The lowest BCUT2D eigenvalue weighted by Gasteiger charge is -2.11. The second-order valence-corrected chi connectivity index (χ2v) is 7.02. The van der Waals surface area contributed by atoms with Gasteiger partial charge in [-0.05, 0) is 12.1 Å². The molecule has 0 unspecified atom stereocenters. The van der Waals surface area contributed by atoms with Crippen LogP contribution < -0.4 is 0 Å². The third-order valence-electron chi connectivity index (χ3n) is 3.69. The predicted octanol–water partition coefficient (Wildman–Crippen LogP) is 2.08. The number of carbonyl (C=O) groups excluding carboxylic acids is 1. The Morgan fingerprint density at radius 2 is 1.71 bits per heavy atom. The van der Waals surface area contributed by atoms with Gasteiger partial charge in [0.05, 0.1) is 5.56 Å². The Labute approximate surface area is 137 Å². The molecule has 0 radical (unpaired) electrons. The van der Waals surface area contributed by atoms with Crippen molar-refractivity contribution in [3.63, 3.8) is 0 Å². The Kier molecular flexibility index (Phi) is 3.20. The Hall–Kier alpha value is -3.00. The van der Waals surface area contributed by atoms with E-state index in [1.54, 1.807) is 12.1 Å². The van der Waals surface area contributed by atoms with Crippen LogP contribution in [0.5, 0.6) is 0 Å². The number of rotatable bonds is 3. The molecule has 1 amide bonds. The van der Waals surface area contributed by atoms with E-state index < -0.39 is 15.9 Å². The van der Waals surface area contributed by atoms with Crippen molar-refractivity contribution in [3.05, 3.63) is 66.1 Å². The van der Waals surface area contributed by atoms with Crippen LogP contribution in [0.4, 0.5) is 0 Å². The number of nitrogens with zero attached hydrogens (tertiary/aromatic N) is 3. The maximum Gasteiger partial charge on any atom is 0.269 e. The van der Waals surface area contributed by atoms with Crippen molar-refractivity contribution in [1.82, 2.24) is 14.4 Å². The van der Waals surface area contributed by atoms with Gasteiger partial charge in [0, 0.05) is 5.56 Å². The van der Waals surface area contributed by atoms with Crippen LogP contribution in [0.15, 0.2) is 64.0 Å². The largest absolute Gasteiger partial charge is 0.337 e. The topological polar surface area (TPSA) is 93.4 Å². The van der Waals surface area contributed by atoms with Crippen molar-refractivity contribution in [2.75, 3.05) is 0 Å². The summed E-state index contributed by atoms with van der Waals surface area (Å²) in [7, 11) is -3.89. The molecule has 0 saturated carbocycles. The van der Waals surface area contributed by atoms with Crippen LogP contribution in [-0.2, 0) is 16.6 Å². The van der Waals surface area contributed by atoms with Gasteiger partial charge in [0.25, 0.3) is 15.9 Å². The third-order valence-corrected chi connectivity index (χ3v) is 5.48. The number of aromatic nitrogens is 2. The highest BCUT2D eigenvalue weighted by atomic mass is 32.2. The average molecular weight is 341 g/mol. The first-order valence-electron chi connectivity index (χ1n) is 7.11. The quantitative estimate of drug-likeness (QED) is 0.724. The molecular weight excluding hydrogens is 330 g/mol. The van der Waals surface area contributed by atoms with Crippen molar-refractivity contribution >= 4 is 15.9 Å². The van der Waals surface area contributed by atoms with E-state index in [4.69, 9.17) is 4.52 Å². The molecule has 24 heavy (non-hydrogen) atoms. The molecule has 0 N–H and O–H groups in total. The number of amides is 1. The van der Waals surface area contributed by atoms with Crippen LogP contribution in [0.2, 0.25) is 0 Å². The molecule has 0 aliphatic carbocycles. The molecule has 1 aromatic heterocycles. The fraction of sp³-hybridized carbons (Fsp3) is 0.0625. The maximum atomic E-state index is 12.5. The Balaban J connectivity index is 1.66. The molecule has 0 fully saturated rings. The van der Waals surface area contributed by atoms with E-state index >= 15 is 0 Å². The minimum absolute atomic E-state index is 0.00204. The molecule has 120 valence electrons.